The molecule has 2 aromatic carbocycles. The monoisotopic (exact) mass is 358 g/mol. The molecule has 0 radical (unpaired) electrons. The number of aromatic carboxylic acids is 1. The lowest BCUT2D eigenvalue weighted by Gasteiger charge is -2.09. The summed E-state index contributed by atoms with van der Waals surface area (Å²) in [6.07, 6.45) is 0. The Morgan fingerprint density at radius 1 is 1.11 bits per heavy atom. The maximum absolute atomic E-state index is 11.5. The number of halogens is 1. The summed E-state index contributed by atoms with van der Waals surface area (Å²) < 4.78 is 22.9. The molecular weight excluding hydrogens is 347 g/mol. The maximum atomic E-state index is 11.5. The number of hydrogen-bond donors (Lipinski definition) is 1. The van der Waals surface area contributed by atoms with Gasteiger partial charge in [-0.15, -0.1) is 0 Å². The zero-order valence-electron chi connectivity index (χ0n) is 9.86. The van der Waals surface area contributed by atoms with Crippen LogP contribution in [-0.2, 0) is 6.14 Å². The molecule has 18 heavy (non-hydrogen) atoms. The van der Waals surface area contributed by atoms with E-state index in [1.165, 1.54) is 0 Å². The summed E-state index contributed by atoms with van der Waals surface area (Å²) in [6, 6.07) is 7.00. The van der Waals surface area contributed by atoms with Crippen molar-refractivity contribution in [2.75, 3.05) is 0 Å². The van der Waals surface area contributed by atoms with E-state index in [2.05, 4.69) is 0 Å². The number of carboxylic acid groups (broad SMARTS) is 1. The second kappa shape index (κ2) is 4.64. The maximum Gasteiger partial charge on any atom is 0.342 e. The Morgan fingerprint density at radius 2 is 1.78 bits per heavy atom. The van der Waals surface area contributed by atoms with Crippen molar-refractivity contribution in [3.8, 4) is 0 Å². The highest BCUT2D eigenvalue weighted by molar-refractivity contribution is 14.2. The van der Waals surface area contributed by atoms with Gasteiger partial charge in [0.1, 0.15) is 0 Å². The molecule has 0 amide bonds. The van der Waals surface area contributed by atoms with E-state index in [0.29, 0.717) is 10.9 Å². The van der Waals surface area contributed by atoms with Crippen LogP contribution in [0.4, 0.5) is 0 Å². The van der Waals surface area contributed by atoms with Crippen molar-refractivity contribution < 1.29 is 16.0 Å². The van der Waals surface area contributed by atoms with Crippen molar-refractivity contribution in [3.63, 3.8) is 0 Å². The van der Waals surface area contributed by atoms with Crippen molar-refractivity contribution in [1.82, 2.24) is 0 Å². The molecule has 0 aliphatic carbocycles. The van der Waals surface area contributed by atoms with Crippen LogP contribution < -0.4 is 0 Å². The highest BCUT2D eigenvalue weighted by Crippen LogP contribution is 2.34. The first-order valence-electron chi connectivity index (χ1n) is 5.25. The van der Waals surface area contributed by atoms with Gasteiger partial charge in [-0.05, 0) is 30.4 Å². The van der Waals surface area contributed by atoms with Crippen LogP contribution in [0.3, 0.4) is 0 Å². The first kappa shape index (κ1) is 12.9. The Hall–Kier alpha value is -1.50. The van der Waals surface area contributed by atoms with Crippen molar-refractivity contribution in [2.24, 2.45) is 0 Å². The first-order chi connectivity index (χ1) is 8.43. The molecule has 0 atom stereocenters. The van der Waals surface area contributed by atoms with Crippen LogP contribution in [0.15, 0.2) is 24.3 Å². The van der Waals surface area contributed by atoms with Gasteiger partial charge >= 0.3 is 25.8 Å². The summed E-state index contributed by atoms with van der Waals surface area (Å²) >= 11 is -3.88. The fraction of sp³-hybridized carbons (Fsp3) is 0.154. The third kappa shape index (κ3) is 1.98. The zero-order valence-corrected chi connectivity index (χ0v) is 12.0. The molecule has 0 aliphatic rings. The normalized spacial score (nSPS) is 11.1. The van der Waals surface area contributed by atoms with Crippen molar-refractivity contribution in [2.45, 2.75) is 13.8 Å². The third-order valence-electron chi connectivity index (χ3n) is 2.90. The van der Waals surface area contributed by atoms with E-state index >= 15 is 0 Å². The quantitative estimate of drug-likeness (QED) is 0.834. The number of carboxylic acids is 1. The predicted octanol–water partition coefficient (Wildman–Crippen LogP) is 3.52. The van der Waals surface area contributed by atoms with Crippen molar-refractivity contribution in [1.29, 1.82) is 0 Å². The summed E-state index contributed by atoms with van der Waals surface area (Å²) in [6.45, 7) is 3.50. The lowest BCUT2D eigenvalue weighted by atomic mass is 9.99. The van der Waals surface area contributed by atoms with Gasteiger partial charge in [0, 0.05) is 5.39 Å². The molecule has 2 aromatic rings. The van der Waals surface area contributed by atoms with E-state index in [0.717, 1.165) is 10.9 Å². The van der Waals surface area contributed by atoms with Gasteiger partial charge in [-0.3, -0.25) is 0 Å². The Labute approximate surface area is 111 Å². The molecule has 94 valence electrons. The minimum Gasteiger partial charge on any atom is -0.478 e. The first-order valence-corrected chi connectivity index (χ1v) is 8.09. The summed E-state index contributed by atoms with van der Waals surface area (Å²) in [5.41, 5.74) is 1.32. The molecule has 0 bridgehead atoms. The molecule has 4 nitrogen and oxygen atoms in total. The smallest absolute Gasteiger partial charge is 0.342 e. The predicted molar refractivity (Wildman–Crippen MR) is 74.5 cm³/mol. The van der Waals surface area contributed by atoms with Crippen molar-refractivity contribution in [3.05, 3.63) is 44.5 Å². The average Bonchev–Trinajstić information content (AvgIpc) is 2.28. The van der Waals surface area contributed by atoms with E-state index in [1.54, 1.807) is 25.1 Å². The Bertz CT molecular complexity index is 721. The molecule has 0 spiro atoms. The number of hydrogen-bond acceptors (Lipinski definition) is 3. The SMILES string of the molecule is Cc1cc2c(C)cccc2c(I(=O)=O)c1C(=O)O. The molecule has 0 aliphatic heterocycles. The summed E-state index contributed by atoms with van der Waals surface area (Å²) in [4.78, 5) is 11.2. The standard InChI is InChI=1S/C13H11IO4/c1-7-4-3-5-9-10(7)6-8(2)11(13(15)16)12(9)14(17)18/h3-6H,1-2H3,(H,15,16). The molecule has 0 saturated heterocycles. The number of benzene rings is 2. The van der Waals surface area contributed by atoms with E-state index in [4.69, 9.17) is 0 Å². The van der Waals surface area contributed by atoms with E-state index in [-0.39, 0.29) is 9.13 Å². The van der Waals surface area contributed by atoms with Gasteiger partial charge in [-0.2, -0.15) is 0 Å². The summed E-state index contributed by atoms with van der Waals surface area (Å²) in [7, 11) is 0. The van der Waals surface area contributed by atoms with Crippen LogP contribution in [0.25, 0.3) is 10.8 Å². The minimum atomic E-state index is -3.88. The lowest BCUT2D eigenvalue weighted by Crippen LogP contribution is -2.04. The highest BCUT2D eigenvalue weighted by Gasteiger charge is 2.20. The van der Waals surface area contributed by atoms with E-state index < -0.39 is 25.8 Å². The molecule has 0 saturated carbocycles. The largest absolute Gasteiger partial charge is 0.478 e. The third-order valence-corrected chi connectivity index (χ3v) is 4.90. The topological polar surface area (TPSA) is 71.4 Å². The molecule has 0 unspecified atom stereocenters. The number of fused-ring (bicyclic) bond motifs is 1. The fourth-order valence-electron chi connectivity index (χ4n) is 2.08. The van der Waals surface area contributed by atoms with Gasteiger partial charge in [-0.25, -0.2) is 10.9 Å². The molecule has 0 aromatic heterocycles. The molecule has 0 fully saturated rings. The van der Waals surface area contributed by atoms with Crippen LogP contribution in [0.1, 0.15) is 21.5 Å². The molecule has 5 heteroatoms. The summed E-state index contributed by atoms with van der Waals surface area (Å²) in [5, 5.41) is 10.5. The van der Waals surface area contributed by atoms with Crippen molar-refractivity contribution >= 4 is 36.5 Å². The molecule has 1 N–H and O–H groups in total. The molecular formula is C13H11IO4. The second-order valence-electron chi connectivity index (χ2n) is 4.07. The second-order valence-corrected chi connectivity index (χ2v) is 6.39. The van der Waals surface area contributed by atoms with Gasteiger partial charge in [0.05, 0.1) is 9.13 Å². The number of carbonyl (C=O) groups is 1. The molecule has 0 heterocycles. The number of aryl methyl sites for hydroxylation is 2. The number of rotatable bonds is 2. The Balaban J connectivity index is 3.09. The Kier molecular flexibility index (Phi) is 3.34. The Morgan fingerprint density at radius 3 is 2.33 bits per heavy atom. The summed E-state index contributed by atoms with van der Waals surface area (Å²) in [5.74, 6) is -1.19. The lowest BCUT2D eigenvalue weighted by molar-refractivity contribution is 0.0695. The van der Waals surface area contributed by atoms with Gasteiger partial charge in [0.2, 0.25) is 0 Å². The van der Waals surface area contributed by atoms with Gasteiger partial charge in [0.15, 0.2) is 0 Å². The highest BCUT2D eigenvalue weighted by atomic mass is 127. The minimum absolute atomic E-state index is 0.00889. The van der Waals surface area contributed by atoms with Crippen LogP contribution in [-0.4, -0.2) is 11.1 Å². The zero-order chi connectivity index (χ0) is 13.4. The van der Waals surface area contributed by atoms with Crippen LogP contribution >= 0.6 is 19.8 Å². The van der Waals surface area contributed by atoms with Gasteiger partial charge < -0.3 is 5.11 Å². The van der Waals surface area contributed by atoms with Crippen LogP contribution in [0.2, 0.25) is 0 Å². The molecule has 2 rings (SSSR count). The van der Waals surface area contributed by atoms with E-state index in [1.807, 2.05) is 13.0 Å². The van der Waals surface area contributed by atoms with Crippen LogP contribution in [0, 0.1) is 17.4 Å². The van der Waals surface area contributed by atoms with Gasteiger partial charge in [0.25, 0.3) is 0 Å². The van der Waals surface area contributed by atoms with Crippen LogP contribution in [0.5, 0.6) is 0 Å². The van der Waals surface area contributed by atoms with E-state index in [9.17, 15) is 16.0 Å². The average molecular weight is 358 g/mol. The van der Waals surface area contributed by atoms with Gasteiger partial charge in [-0.1, -0.05) is 24.3 Å². The fourth-order valence-corrected chi connectivity index (χ4v) is 4.12.